The summed E-state index contributed by atoms with van der Waals surface area (Å²) < 4.78 is 43.9. The van der Waals surface area contributed by atoms with E-state index in [1.54, 1.807) is 0 Å². The summed E-state index contributed by atoms with van der Waals surface area (Å²) in [5.74, 6) is -4.16. The number of anilines is 1. The SMILES string of the molecule is Cc1cn([C@@H]2O[C@H](CP(=O)([O-])[O-])[C@@H](O)C2(F)F)c(=O)nc1N.[NH4+].[NH4+]. The van der Waals surface area contributed by atoms with Crippen molar-refractivity contribution >= 4 is 13.4 Å². The van der Waals surface area contributed by atoms with Gasteiger partial charge in [-0.2, -0.15) is 13.8 Å². The van der Waals surface area contributed by atoms with E-state index in [1.165, 1.54) is 6.92 Å². The van der Waals surface area contributed by atoms with E-state index in [0.29, 0.717) is 4.57 Å². The second kappa shape index (κ2) is 7.19. The number of alkyl halides is 2. The fourth-order valence-corrected chi connectivity index (χ4v) is 2.81. The van der Waals surface area contributed by atoms with Crippen molar-refractivity contribution in [2.75, 3.05) is 11.9 Å². The number of halogens is 2. The molecule has 0 aliphatic carbocycles. The Morgan fingerprint density at radius 2 is 2.04 bits per heavy atom. The van der Waals surface area contributed by atoms with Crippen molar-refractivity contribution in [3.8, 4) is 0 Å². The Morgan fingerprint density at radius 3 is 2.54 bits per heavy atom. The highest BCUT2D eigenvalue weighted by Gasteiger charge is 2.59. The summed E-state index contributed by atoms with van der Waals surface area (Å²) in [6.45, 7) is 1.41. The zero-order chi connectivity index (χ0) is 16.9. The maximum atomic E-state index is 14.0. The van der Waals surface area contributed by atoms with Crippen LogP contribution < -0.4 is 33.5 Å². The summed E-state index contributed by atoms with van der Waals surface area (Å²) in [5, 5.41) is 9.49. The molecule has 1 aliphatic rings. The van der Waals surface area contributed by atoms with Crippen LogP contribution in [-0.2, 0) is 9.30 Å². The average molecular weight is 375 g/mol. The molecule has 11 nitrogen and oxygen atoms in total. The topological polar surface area (TPSA) is 227 Å². The molecular formula is C10H20F2N5O6P. The molecule has 2 rings (SSSR count). The molecule has 1 saturated heterocycles. The number of aromatic nitrogens is 2. The highest BCUT2D eigenvalue weighted by atomic mass is 31.2. The molecule has 140 valence electrons. The largest absolute Gasteiger partial charge is 0.811 e. The van der Waals surface area contributed by atoms with Crippen LogP contribution in [-0.4, -0.2) is 38.9 Å². The third-order valence-electron chi connectivity index (χ3n) is 3.21. The van der Waals surface area contributed by atoms with Crippen LogP contribution in [0.1, 0.15) is 11.8 Å². The van der Waals surface area contributed by atoms with E-state index in [2.05, 4.69) is 4.98 Å². The predicted octanol–water partition coefficient (Wildman–Crippen LogP) is -1.31. The van der Waals surface area contributed by atoms with E-state index in [1.807, 2.05) is 0 Å². The maximum absolute atomic E-state index is 14.0. The van der Waals surface area contributed by atoms with Gasteiger partial charge in [0, 0.05) is 17.9 Å². The van der Waals surface area contributed by atoms with Gasteiger partial charge < -0.3 is 42.2 Å². The summed E-state index contributed by atoms with van der Waals surface area (Å²) in [6.07, 6.45) is -7.18. The Bertz CT molecular complexity index is 695. The summed E-state index contributed by atoms with van der Waals surface area (Å²) >= 11 is 0. The van der Waals surface area contributed by atoms with Crippen molar-refractivity contribution in [1.29, 1.82) is 0 Å². The molecule has 1 fully saturated rings. The summed E-state index contributed by atoms with van der Waals surface area (Å²) in [4.78, 5) is 36.4. The number of hydrogen-bond donors (Lipinski definition) is 4. The lowest BCUT2D eigenvalue weighted by molar-refractivity contribution is -0.315. The predicted molar refractivity (Wildman–Crippen MR) is 77.0 cm³/mol. The minimum atomic E-state index is -5.20. The molecule has 1 aromatic heterocycles. The molecule has 14 heteroatoms. The van der Waals surface area contributed by atoms with Crippen molar-refractivity contribution in [2.45, 2.75) is 31.3 Å². The number of rotatable bonds is 3. The van der Waals surface area contributed by atoms with E-state index in [-0.39, 0.29) is 23.7 Å². The summed E-state index contributed by atoms with van der Waals surface area (Å²) in [7, 11) is -5.20. The Morgan fingerprint density at radius 1 is 1.50 bits per heavy atom. The fraction of sp³-hybridized carbons (Fsp3) is 0.600. The second-order valence-corrected chi connectivity index (χ2v) is 6.53. The third-order valence-corrected chi connectivity index (χ3v) is 4.02. The zero-order valence-corrected chi connectivity index (χ0v) is 14.1. The van der Waals surface area contributed by atoms with Gasteiger partial charge in [-0.15, -0.1) is 0 Å². The third kappa shape index (κ3) is 4.13. The van der Waals surface area contributed by atoms with E-state index >= 15 is 0 Å². The number of nitrogens with zero attached hydrogens (tertiary/aromatic N) is 2. The molecule has 0 aromatic carbocycles. The summed E-state index contributed by atoms with van der Waals surface area (Å²) in [6, 6.07) is 0. The minimum absolute atomic E-state index is 0. The van der Waals surface area contributed by atoms with Gasteiger partial charge in [0.05, 0.1) is 6.10 Å². The number of nitrogens with two attached hydrogens (primary N) is 1. The molecule has 0 amide bonds. The van der Waals surface area contributed by atoms with Crippen LogP contribution in [0.2, 0.25) is 0 Å². The average Bonchev–Trinajstić information content (AvgIpc) is 2.56. The van der Waals surface area contributed by atoms with Gasteiger partial charge >= 0.3 is 11.6 Å². The lowest BCUT2D eigenvalue weighted by Crippen LogP contribution is -2.42. The smallest absolute Gasteiger partial charge is 0.351 e. The number of ether oxygens (including phenoxy) is 1. The molecule has 0 saturated carbocycles. The molecule has 11 N–H and O–H groups in total. The molecule has 0 bridgehead atoms. The van der Waals surface area contributed by atoms with Gasteiger partial charge in [-0.3, -0.25) is 4.57 Å². The number of aliphatic hydroxyl groups excluding tert-OH is 1. The van der Waals surface area contributed by atoms with Gasteiger partial charge in [-0.05, 0) is 6.92 Å². The number of aliphatic hydroxyl groups is 1. The second-order valence-electron chi connectivity index (χ2n) is 4.94. The van der Waals surface area contributed by atoms with Gasteiger partial charge in [0.1, 0.15) is 11.9 Å². The molecule has 0 unspecified atom stereocenters. The Balaban J connectivity index is 0.00000264. The number of hydrogen-bond acceptors (Lipinski definition) is 8. The maximum Gasteiger partial charge on any atom is 0.351 e. The number of quaternary nitrogens is 2. The van der Waals surface area contributed by atoms with E-state index in [9.17, 15) is 33.0 Å². The van der Waals surface area contributed by atoms with Crippen LogP contribution in [0.25, 0.3) is 0 Å². The van der Waals surface area contributed by atoms with Gasteiger partial charge in [-0.1, -0.05) is 7.60 Å². The van der Waals surface area contributed by atoms with Gasteiger partial charge in [0.15, 0.2) is 0 Å². The van der Waals surface area contributed by atoms with Crippen LogP contribution in [0, 0.1) is 6.92 Å². The minimum Gasteiger partial charge on any atom is -0.811 e. The standard InChI is InChI=1S/C10H14F2N3O6P.2H3N/c1-4-2-15(9(17)14-7(4)13)8-10(11,12)6(16)5(21-8)3-22(18,19)20;;/h2,5-6,8,16H,3H2,1H3,(H2,13,14,17)(H2,18,19,20);2*1H3/t5-,6-,8-;;/m1../s1. The highest BCUT2D eigenvalue weighted by molar-refractivity contribution is 7.48. The molecule has 1 aromatic rings. The summed E-state index contributed by atoms with van der Waals surface area (Å²) in [5.41, 5.74) is 4.42. The Labute approximate surface area is 134 Å². The molecule has 1 aliphatic heterocycles. The van der Waals surface area contributed by atoms with E-state index in [4.69, 9.17) is 10.5 Å². The molecule has 0 radical (unpaired) electrons. The van der Waals surface area contributed by atoms with Crippen LogP contribution in [0.4, 0.5) is 14.6 Å². The van der Waals surface area contributed by atoms with Crippen molar-refractivity contribution in [2.24, 2.45) is 0 Å². The van der Waals surface area contributed by atoms with Crippen molar-refractivity contribution in [3.05, 3.63) is 22.2 Å². The number of nitrogen functional groups attached to an aromatic ring is 1. The first-order chi connectivity index (χ1) is 9.93. The quantitative estimate of drug-likeness (QED) is 0.462. The monoisotopic (exact) mass is 375 g/mol. The first-order valence-corrected chi connectivity index (χ1v) is 7.74. The van der Waals surface area contributed by atoms with Crippen LogP contribution in [0.5, 0.6) is 0 Å². The van der Waals surface area contributed by atoms with E-state index < -0.39 is 43.8 Å². The van der Waals surface area contributed by atoms with Crippen LogP contribution in [0.3, 0.4) is 0 Å². The molecule has 3 atom stereocenters. The van der Waals surface area contributed by atoms with Gasteiger partial charge in [-0.25, -0.2) is 4.79 Å². The molecule has 24 heavy (non-hydrogen) atoms. The molecule has 0 spiro atoms. The molecule has 2 heterocycles. The van der Waals surface area contributed by atoms with Crippen LogP contribution >= 0.6 is 7.60 Å². The van der Waals surface area contributed by atoms with Crippen molar-refractivity contribution in [3.63, 3.8) is 0 Å². The van der Waals surface area contributed by atoms with Gasteiger partial charge in [0.25, 0.3) is 0 Å². The van der Waals surface area contributed by atoms with E-state index in [0.717, 1.165) is 6.20 Å². The first kappa shape index (κ1) is 22.5. The lowest BCUT2D eigenvalue weighted by atomic mass is 10.1. The first-order valence-electron chi connectivity index (χ1n) is 6.01. The van der Waals surface area contributed by atoms with Crippen molar-refractivity contribution < 1.29 is 33.0 Å². The normalized spacial score (nSPS) is 25.7. The Kier molecular flexibility index (Phi) is 6.75. The number of aryl methyl sites for hydroxylation is 1. The molecular weight excluding hydrogens is 355 g/mol. The van der Waals surface area contributed by atoms with Crippen LogP contribution in [0.15, 0.2) is 11.0 Å². The van der Waals surface area contributed by atoms with Crippen molar-refractivity contribution in [1.82, 2.24) is 21.9 Å². The van der Waals surface area contributed by atoms with Gasteiger partial charge in [0.2, 0.25) is 6.23 Å². The Hall–Kier alpha value is -1.47. The fourth-order valence-electron chi connectivity index (χ4n) is 2.09. The lowest BCUT2D eigenvalue weighted by Gasteiger charge is -2.32. The zero-order valence-electron chi connectivity index (χ0n) is 13.2. The highest BCUT2D eigenvalue weighted by Crippen LogP contribution is 2.45.